The molecule has 1 aliphatic rings. The Bertz CT molecular complexity index is 1050. The van der Waals surface area contributed by atoms with Gasteiger partial charge in [-0.05, 0) is 48.6 Å². The minimum absolute atomic E-state index is 0.200. The summed E-state index contributed by atoms with van der Waals surface area (Å²) in [4.78, 5) is 23.5. The molecular formula is C22H28N6O3. The minimum Gasteiger partial charge on any atom is -0.381 e. The van der Waals surface area contributed by atoms with Crippen LogP contribution in [0.25, 0.3) is 16.9 Å². The summed E-state index contributed by atoms with van der Waals surface area (Å²) in [5.41, 5.74) is 1.77. The number of nitrogens with one attached hydrogen (secondary N) is 2. The molecule has 4 heterocycles. The number of pyridine rings is 2. The summed E-state index contributed by atoms with van der Waals surface area (Å²) in [6.07, 6.45) is 6.13. The number of aromatic nitrogens is 4. The van der Waals surface area contributed by atoms with Gasteiger partial charge in [0.05, 0.1) is 5.56 Å². The lowest BCUT2D eigenvalue weighted by Gasteiger charge is -2.23. The third-order valence-corrected chi connectivity index (χ3v) is 5.54. The van der Waals surface area contributed by atoms with Crippen LogP contribution in [0.2, 0.25) is 0 Å². The largest absolute Gasteiger partial charge is 0.381 e. The number of ether oxygens (including phenoxy) is 1. The molecule has 164 valence electrons. The van der Waals surface area contributed by atoms with E-state index in [1.807, 2.05) is 25.1 Å². The van der Waals surface area contributed by atoms with Crippen LogP contribution in [-0.4, -0.2) is 58.7 Å². The monoisotopic (exact) mass is 424 g/mol. The van der Waals surface area contributed by atoms with E-state index in [0.717, 1.165) is 44.0 Å². The first-order valence-electron chi connectivity index (χ1n) is 10.4. The molecule has 0 saturated carbocycles. The molecule has 31 heavy (non-hydrogen) atoms. The highest BCUT2D eigenvalue weighted by molar-refractivity contribution is 5.65. The van der Waals surface area contributed by atoms with Crippen molar-refractivity contribution >= 4 is 5.82 Å². The number of hydrogen-bond donors (Lipinski definition) is 3. The van der Waals surface area contributed by atoms with E-state index in [9.17, 15) is 9.90 Å². The summed E-state index contributed by atoms with van der Waals surface area (Å²) in [6, 6.07) is 7.16. The summed E-state index contributed by atoms with van der Waals surface area (Å²) >= 11 is 0. The Labute approximate surface area is 180 Å². The van der Waals surface area contributed by atoms with Gasteiger partial charge in [-0.2, -0.15) is 0 Å². The van der Waals surface area contributed by atoms with Gasteiger partial charge in [0.15, 0.2) is 5.82 Å². The molecule has 0 radical (unpaired) electrons. The first-order valence-corrected chi connectivity index (χ1v) is 10.4. The van der Waals surface area contributed by atoms with Crippen molar-refractivity contribution < 1.29 is 9.84 Å². The zero-order valence-electron chi connectivity index (χ0n) is 17.8. The van der Waals surface area contributed by atoms with Crippen molar-refractivity contribution in [3.05, 3.63) is 58.8 Å². The first kappa shape index (κ1) is 21.2. The molecule has 3 N–H and O–H groups in total. The Morgan fingerprint density at radius 1 is 1.29 bits per heavy atom. The second-order valence-corrected chi connectivity index (χ2v) is 7.94. The zero-order valence-corrected chi connectivity index (χ0v) is 17.8. The quantitative estimate of drug-likeness (QED) is 0.495. The van der Waals surface area contributed by atoms with Gasteiger partial charge in [0.2, 0.25) is 0 Å². The second kappa shape index (κ2) is 9.42. The Hall–Kier alpha value is -3.01. The fourth-order valence-electron chi connectivity index (χ4n) is 3.62. The molecule has 1 unspecified atom stereocenters. The summed E-state index contributed by atoms with van der Waals surface area (Å²) in [7, 11) is 3.81. The lowest BCUT2D eigenvalue weighted by Crippen LogP contribution is -2.30. The normalized spacial score (nSPS) is 15.7. The van der Waals surface area contributed by atoms with Gasteiger partial charge in [0.25, 0.3) is 5.56 Å². The number of anilines is 1. The molecule has 0 spiro atoms. The van der Waals surface area contributed by atoms with E-state index in [1.54, 1.807) is 36.8 Å². The molecule has 1 aliphatic heterocycles. The summed E-state index contributed by atoms with van der Waals surface area (Å²) in [6.45, 7) is 2.29. The lowest BCUT2D eigenvalue weighted by atomic mass is 10.0. The van der Waals surface area contributed by atoms with Gasteiger partial charge >= 0.3 is 0 Å². The molecule has 0 aromatic carbocycles. The van der Waals surface area contributed by atoms with E-state index in [1.165, 1.54) is 4.68 Å². The van der Waals surface area contributed by atoms with E-state index in [0.29, 0.717) is 22.9 Å². The maximum Gasteiger partial charge on any atom is 0.280 e. The molecule has 9 heteroatoms. The zero-order chi connectivity index (χ0) is 21.8. The lowest BCUT2D eigenvalue weighted by molar-refractivity contribution is 0.0568. The third-order valence-electron chi connectivity index (χ3n) is 5.54. The van der Waals surface area contributed by atoms with Crippen molar-refractivity contribution in [2.45, 2.75) is 19.1 Å². The highest BCUT2D eigenvalue weighted by atomic mass is 16.5. The van der Waals surface area contributed by atoms with Crippen LogP contribution in [-0.2, 0) is 4.74 Å². The molecule has 4 rings (SSSR count). The average molecular weight is 425 g/mol. The van der Waals surface area contributed by atoms with Crippen molar-refractivity contribution in [2.24, 2.45) is 5.92 Å². The van der Waals surface area contributed by atoms with Gasteiger partial charge in [0, 0.05) is 58.0 Å². The topological polar surface area (TPSA) is 108 Å². The number of H-pyrrole nitrogens is 1. The smallest absolute Gasteiger partial charge is 0.280 e. The van der Waals surface area contributed by atoms with Crippen LogP contribution in [0.5, 0.6) is 0 Å². The average Bonchev–Trinajstić information content (AvgIpc) is 3.19. The maximum absolute atomic E-state index is 12.9. The highest BCUT2D eigenvalue weighted by Crippen LogP contribution is 2.20. The van der Waals surface area contributed by atoms with Gasteiger partial charge in [0.1, 0.15) is 12.0 Å². The Morgan fingerprint density at radius 3 is 2.81 bits per heavy atom. The number of aliphatic hydroxyl groups excluding tert-OH is 1. The number of nitrogens with zero attached hydrogens (tertiary/aromatic N) is 4. The fourth-order valence-corrected chi connectivity index (χ4v) is 3.62. The summed E-state index contributed by atoms with van der Waals surface area (Å²) in [5.74, 6) is 1.74. The molecule has 3 aromatic rings. The van der Waals surface area contributed by atoms with Crippen molar-refractivity contribution in [3.8, 4) is 16.9 Å². The SMILES string of the molecule is CN(C)c1cc(-c2c[nH]n(-c3ccc(C(O)NCC4CCOCC4)cn3)c2=O)ccn1. The molecule has 0 aliphatic carbocycles. The number of aromatic amines is 1. The van der Waals surface area contributed by atoms with Gasteiger partial charge in [-0.3, -0.25) is 15.2 Å². The van der Waals surface area contributed by atoms with Crippen molar-refractivity contribution in [2.75, 3.05) is 38.8 Å². The Kier molecular flexibility index (Phi) is 6.45. The number of rotatable bonds is 7. The van der Waals surface area contributed by atoms with Crippen LogP contribution in [0.1, 0.15) is 24.6 Å². The molecular weight excluding hydrogens is 396 g/mol. The molecule has 0 amide bonds. The van der Waals surface area contributed by atoms with Crippen molar-refractivity contribution in [1.82, 2.24) is 25.1 Å². The Balaban J connectivity index is 1.47. The van der Waals surface area contributed by atoms with Gasteiger partial charge in [-0.25, -0.2) is 14.6 Å². The van der Waals surface area contributed by atoms with Crippen LogP contribution in [0.3, 0.4) is 0 Å². The van der Waals surface area contributed by atoms with Crippen LogP contribution >= 0.6 is 0 Å². The molecule has 1 fully saturated rings. The van der Waals surface area contributed by atoms with Crippen LogP contribution in [0.15, 0.2) is 47.7 Å². The molecule has 1 saturated heterocycles. The standard InChI is InChI=1S/C22H28N6O3/c1-27(2)20-11-16(5-8-23-20)18-14-26-28(22(18)30)19-4-3-17(13-24-19)21(29)25-12-15-6-9-31-10-7-15/h3-5,8,11,13-15,21,25-26,29H,6-7,9-10,12H2,1-2H3. The van der Waals surface area contributed by atoms with Crippen molar-refractivity contribution in [1.29, 1.82) is 0 Å². The molecule has 3 aromatic heterocycles. The van der Waals surface area contributed by atoms with E-state index in [4.69, 9.17) is 4.74 Å². The van der Waals surface area contributed by atoms with Gasteiger partial charge in [-0.15, -0.1) is 0 Å². The predicted octanol–water partition coefficient (Wildman–Crippen LogP) is 1.70. The highest BCUT2D eigenvalue weighted by Gasteiger charge is 2.17. The van der Waals surface area contributed by atoms with Crippen molar-refractivity contribution in [3.63, 3.8) is 0 Å². The second-order valence-electron chi connectivity index (χ2n) is 7.94. The summed E-state index contributed by atoms with van der Waals surface area (Å²) < 4.78 is 6.75. The Morgan fingerprint density at radius 2 is 2.10 bits per heavy atom. The molecule has 9 nitrogen and oxygen atoms in total. The van der Waals surface area contributed by atoms with E-state index in [-0.39, 0.29) is 5.56 Å². The van der Waals surface area contributed by atoms with Crippen LogP contribution in [0.4, 0.5) is 5.82 Å². The van der Waals surface area contributed by atoms with Crippen LogP contribution in [0, 0.1) is 5.92 Å². The summed E-state index contributed by atoms with van der Waals surface area (Å²) in [5, 5.41) is 16.5. The van der Waals surface area contributed by atoms with E-state index < -0.39 is 6.23 Å². The van der Waals surface area contributed by atoms with Gasteiger partial charge in [-0.1, -0.05) is 0 Å². The molecule has 1 atom stereocenters. The third kappa shape index (κ3) is 4.84. The fraction of sp³-hybridized carbons (Fsp3) is 0.409. The predicted molar refractivity (Wildman–Crippen MR) is 118 cm³/mol. The van der Waals surface area contributed by atoms with Gasteiger partial charge < -0.3 is 14.7 Å². The van der Waals surface area contributed by atoms with Crippen LogP contribution < -0.4 is 15.8 Å². The van der Waals surface area contributed by atoms with E-state index >= 15 is 0 Å². The number of aliphatic hydroxyl groups is 1. The maximum atomic E-state index is 12.9. The van der Waals surface area contributed by atoms with E-state index in [2.05, 4.69) is 20.4 Å². The molecule has 0 bridgehead atoms. The minimum atomic E-state index is -0.804. The first-order chi connectivity index (χ1) is 15.0. The number of hydrogen-bond acceptors (Lipinski definition) is 7.